The van der Waals surface area contributed by atoms with E-state index in [2.05, 4.69) is 17.2 Å². The van der Waals surface area contributed by atoms with E-state index in [4.69, 9.17) is 0 Å². The van der Waals surface area contributed by atoms with E-state index in [1.165, 1.54) is 10.6 Å². The van der Waals surface area contributed by atoms with Gasteiger partial charge in [0.2, 0.25) is 0 Å². The lowest BCUT2D eigenvalue weighted by Crippen LogP contribution is -2.05. The van der Waals surface area contributed by atoms with Crippen molar-refractivity contribution >= 4 is 11.3 Å². The van der Waals surface area contributed by atoms with Crippen LogP contribution in [0.25, 0.3) is 0 Å². The predicted molar refractivity (Wildman–Crippen MR) is 39.6 cm³/mol. The van der Waals surface area contributed by atoms with Crippen molar-refractivity contribution in [3.8, 4) is 0 Å². The highest BCUT2D eigenvalue weighted by Gasteiger charge is 1.96. The summed E-state index contributed by atoms with van der Waals surface area (Å²) in [5.74, 6) is 0. The van der Waals surface area contributed by atoms with E-state index in [-0.39, 0.29) is 0 Å². The molecule has 1 aromatic rings. The van der Waals surface area contributed by atoms with Gasteiger partial charge in [0.25, 0.3) is 0 Å². The van der Waals surface area contributed by atoms with Gasteiger partial charge in [0.1, 0.15) is 0 Å². The summed E-state index contributed by atoms with van der Waals surface area (Å²) in [5, 5.41) is 3.06. The van der Waals surface area contributed by atoms with Crippen molar-refractivity contribution in [1.29, 1.82) is 0 Å². The summed E-state index contributed by atoms with van der Waals surface area (Å²) in [7, 11) is 1.93. The van der Waals surface area contributed by atoms with Crippen molar-refractivity contribution in [3.63, 3.8) is 0 Å². The quantitative estimate of drug-likeness (QED) is 0.670. The highest BCUT2D eigenvalue weighted by Crippen LogP contribution is 2.09. The standard InChI is InChI=1S/C6H10N2S/c1-5-6(3-7-2)8-4-9-5/h4,7H,3H2,1-2H3. The minimum absolute atomic E-state index is 0.884. The first kappa shape index (κ1) is 6.71. The fraction of sp³-hybridized carbons (Fsp3) is 0.500. The fourth-order valence-corrected chi connectivity index (χ4v) is 1.26. The van der Waals surface area contributed by atoms with Gasteiger partial charge in [-0.3, -0.25) is 0 Å². The van der Waals surface area contributed by atoms with E-state index in [0.717, 1.165) is 6.54 Å². The molecule has 1 aromatic heterocycles. The van der Waals surface area contributed by atoms with E-state index >= 15 is 0 Å². The molecule has 0 unspecified atom stereocenters. The van der Waals surface area contributed by atoms with Crippen molar-refractivity contribution in [2.75, 3.05) is 7.05 Å². The van der Waals surface area contributed by atoms with E-state index in [1.807, 2.05) is 12.6 Å². The maximum atomic E-state index is 4.16. The summed E-state index contributed by atoms with van der Waals surface area (Å²) >= 11 is 1.69. The second-order valence-electron chi connectivity index (χ2n) is 1.89. The molecule has 0 radical (unpaired) electrons. The first-order valence-corrected chi connectivity index (χ1v) is 3.76. The Morgan fingerprint density at radius 1 is 1.78 bits per heavy atom. The van der Waals surface area contributed by atoms with E-state index in [1.54, 1.807) is 11.3 Å². The van der Waals surface area contributed by atoms with Crippen LogP contribution >= 0.6 is 11.3 Å². The molecule has 1 heterocycles. The topological polar surface area (TPSA) is 24.9 Å². The van der Waals surface area contributed by atoms with Crippen molar-refractivity contribution in [2.45, 2.75) is 13.5 Å². The summed E-state index contributed by atoms with van der Waals surface area (Å²) in [4.78, 5) is 5.47. The molecular weight excluding hydrogens is 132 g/mol. The van der Waals surface area contributed by atoms with E-state index in [9.17, 15) is 0 Å². The SMILES string of the molecule is CNCc1ncsc1C. The van der Waals surface area contributed by atoms with Gasteiger partial charge in [0.05, 0.1) is 11.2 Å². The second kappa shape index (κ2) is 2.94. The van der Waals surface area contributed by atoms with Crippen LogP contribution < -0.4 is 5.32 Å². The molecule has 2 nitrogen and oxygen atoms in total. The summed E-state index contributed by atoms with van der Waals surface area (Å²) in [6, 6.07) is 0. The van der Waals surface area contributed by atoms with Crippen LogP contribution in [0.2, 0.25) is 0 Å². The zero-order valence-corrected chi connectivity index (χ0v) is 6.46. The van der Waals surface area contributed by atoms with Crippen LogP contribution in [-0.4, -0.2) is 12.0 Å². The number of thiazole rings is 1. The molecule has 3 heteroatoms. The van der Waals surface area contributed by atoms with Crippen molar-refractivity contribution < 1.29 is 0 Å². The van der Waals surface area contributed by atoms with Gasteiger partial charge in [-0.2, -0.15) is 0 Å². The van der Waals surface area contributed by atoms with Crippen LogP contribution in [0.1, 0.15) is 10.6 Å². The molecule has 1 rings (SSSR count). The number of nitrogens with one attached hydrogen (secondary N) is 1. The number of rotatable bonds is 2. The molecule has 0 aliphatic heterocycles. The van der Waals surface area contributed by atoms with Gasteiger partial charge in [-0.1, -0.05) is 0 Å². The van der Waals surface area contributed by atoms with Crippen LogP contribution in [0.15, 0.2) is 5.51 Å². The molecule has 0 atom stereocenters. The number of hydrogen-bond donors (Lipinski definition) is 1. The van der Waals surface area contributed by atoms with Crippen LogP contribution in [0.5, 0.6) is 0 Å². The van der Waals surface area contributed by atoms with Crippen LogP contribution in [0.4, 0.5) is 0 Å². The summed E-state index contributed by atoms with van der Waals surface area (Å²) in [6.45, 7) is 2.97. The van der Waals surface area contributed by atoms with Gasteiger partial charge in [0.15, 0.2) is 0 Å². The normalized spacial score (nSPS) is 10.0. The average Bonchev–Trinajstić information content (AvgIpc) is 2.18. The summed E-state index contributed by atoms with van der Waals surface area (Å²) in [5.41, 5.74) is 3.05. The molecule has 0 amide bonds. The third-order valence-electron chi connectivity index (χ3n) is 1.19. The van der Waals surface area contributed by atoms with Crippen LogP contribution in [-0.2, 0) is 6.54 Å². The van der Waals surface area contributed by atoms with E-state index < -0.39 is 0 Å². The van der Waals surface area contributed by atoms with Gasteiger partial charge in [0, 0.05) is 11.4 Å². The van der Waals surface area contributed by atoms with Gasteiger partial charge in [-0.15, -0.1) is 11.3 Å². The van der Waals surface area contributed by atoms with Gasteiger partial charge >= 0.3 is 0 Å². The molecule has 0 aliphatic carbocycles. The summed E-state index contributed by atoms with van der Waals surface area (Å²) in [6.07, 6.45) is 0. The minimum Gasteiger partial charge on any atom is -0.314 e. The molecule has 1 N–H and O–H groups in total. The Hall–Kier alpha value is -0.410. The van der Waals surface area contributed by atoms with Crippen molar-refractivity contribution in [2.24, 2.45) is 0 Å². The van der Waals surface area contributed by atoms with Crippen molar-refractivity contribution in [1.82, 2.24) is 10.3 Å². The fourth-order valence-electron chi connectivity index (χ4n) is 0.666. The Morgan fingerprint density at radius 3 is 3.00 bits per heavy atom. The molecule has 50 valence electrons. The van der Waals surface area contributed by atoms with Crippen molar-refractivity contribution in [3.05, 3.63) is 16.1 Å². The molecule has 0 bridgehead atoms. The van der Waals surface area contributed by atoms with E-state index in [0.29, 0.717) is 0 Å². The highest BCUT2D eigenvalue weighted by molar-refractivity contribution is 7.09. The number of nitrogens with zero attached hydrogens (tertiary/aromatic N) is 1. The molecule has 0 saturated heterocycles. The molecule has 0 aliphatic rings. The second-order valence-corrected chi connectivity index (χ2v) is 2.94. The Morgan fingerprint density at radius 2 is 2.56 bits per heavy atom. The smallest absolute Gasteiger partial charge is 0.0798 e. The van der Waals surface area contributed by atoms with Gasteiger partial charge in [-0.25, -0.2) is 4.98 Å². The van der Waals surface area contributed by atoms with Crippen LogP contribution in [0, 0.1) is 6.92 Å². The molecule has 0 aromatic carbocycles. The molecule has 0 fully saturated rings. The minimum atomic E-state index is 0.884. The Kier molecular flexibility index (Phi) is 2.19. The highest BCUT2D eigenvalue weighted by atomic mass is 32.1. The lowest BCUT2D eigenvalue weighted by atomic mass is 10.4. The largest absolute Gasteiger partial charge is 0.314 e. The third-order valence-corrected chi connectivity index (χ3v) is 1.99. The Labute approximate surface area is 58.9 Å². The first-order chi connectivity index (χ1) is 4.34. The number of hydrogen-bond acceptors (Lipinski definition) is 3. The Bertz CT molecular complexity index is 183. The number of aromatic nitrogens is 1. The summed E-state index contributed by atoms with van der Waals surface area (Å²) < 4.78 is 0. The lowest BCUT2D eigenvalue weighted by Gasteiger charge is -1.93. The van der Waals surface area contributed by atoms with Crippen LogP contribution in [0.3, 0.4) is 0 Å². The van der Waals surface area contributed by atoms with Gasteiger partial charge in [-0.05, 0) is 14.0 Å². The van der Waals surface area contributed by atoms with Gasteiger partial charge < -0.3 is 5.32 Å². The number of aryl methyl sites for hydroxylation is 1. The zero-order chi connectivity index (χ0) is 6.69. The predicted octanol–water partition coefficient (Wildman–Crippen LogP) is 1.17. The molecule has 0 spiro atoms. The third kappa shape index (κ3) is 1.50. The molecular formula is C6H10N2S. The first-order valence-electron chi connectivity index (χ1n) is 2.88. The molecule has 0 saturated carbocycles. The Balaban J connectivity index is 2.69. The maximum Gasteiger partial charge on any atom is 0.0798 e. The monoisotopic (exact) mass is 142 g/mol. The maximum absolute atomic E-state index is 4.16. The zero-order valence-electron chi connectivity index (χ0n) is 5.64. The lowest BCUT2D eigenvalue weighted by molar-refractivity contribution is 0.792. The molecule has 9 heavy (non-hydrogen) atoms. The average molecular weight is 142 g/mol.